The number of nitro groups is 1. The van der Waals surface area contributed by atoms with Crippen LogP contribution < -0.4 is 5.32 Å². The second-order valence-corrected chi connectivity index (χ2v) is 6.69. The topological polar surface area (TPSA) is 108 Å². The van der Waals surface area contributed by atoms with Crippen molar-refractivity contribution in [3.05, 3.63) is 106 Å². The molecule has 0 bridgehead atoms. The van der Waals surface area contributed by atoms with Crippen LogP contribution in [0.1, 0.15) is 21.5 Å². The van der Waals surface area contributed by atoms with Crippen molar-refractivity contribution < 1.29 is 9.72 Å². The molecular weight excluding hydrogens is 384 g/mol. The number of anilines is 1. The Kier molecular flexibility index (Phi) is 5.33. The summed E-state index contributed by atoms with van der Waals surface area (Å²) in [5.41, 5.74) is 2.31. The number of nitrogens with one attached hydrogen (secondary N) is 1. The molecule has 9 nitrogen and oxygen atoms in total. The van der Waals surface area contributed by atoms with Crippen molar-refractivity contribution in [2.24, 2.45) is 0 Å². The molecule has 150 valence electrons. The van der Waals surface area contributed by atoms with Gasteiger partial charge >= 0.3 is 5.69 Å². The molecule has 2 aromatic heterocycles. The van der Waals surface area contributed by atoms with Crippen LogP contribution in [0.5, 0.6) is 0 Å². The maximum Gasteiger partial charge on any atom is 0.307 e. The Morgan fingerprint density at radius 3 is 2.53 bits per heavy atom. The molecule has 0 atom stereocenters. The van der Waals surface area contributed by atoms with Crippen LogP contribution in [-0.2, 0) is 13.1 Å². The van der Waals surface area contributed by atoms with Crippen LogP contribution in [0.25, 0.3) is 0 Å². The van der Waals surface area contributed by atoms with E-state index < -0.39 is 4.92 Å². The highest BCUT2D eigenvalue weighted by Crippen LogP contribution is 2.13. The molecule has 0 radical (unpaired) electrons. The minimum absolute atomic E-state index is 0.0741. The summed E-state index contributed by atoms with van der Waals surface area (Å²) in [7, 11) is 0. The van der Waals surface area contributed by atoms with Gasteiger partial charge in [-0.25, -0.2) is 0 Å². The summed E-state index contributed by atoms with van der Waals surface area (Å²) in [5, 5.41) is 21.9. The molecule has 0 aliphatic carbocycles. The predicted molar refractivity (Wildman–Crippen MR) is 110 cm³/mol. The lowest BCUT2D eigenvalue weighted by molar-refractivity contribution is -0.385. The standard InChI is InChI=1S/C21H18N6O3/c28-21(23-20-9-10-25(24-20)13-16-5-2-1-3-6-16)18-8-4-7-17(11-18)14-26-15-19(12-22-26)27(29)30/h1-12,15H,13-14H2,(H,23,24,28). The summed E-state index contributed by atoms with van der Waals surface area (Å²) >= 11 is 0. The minimum atomic E-state index is -0.496. The van der Waals surface area contributed by atoms with Gasteiger partial charge in [-0.1, -0.05) is 42.5 Å². The summed E-state index contributed by atoms with van der Waals surface area (Å²) < 4.78 is 3.21. The Bertz CT molecular complexity index is 1180. The number of hydrogen-bond donors (Lipinski definition) is 1. The molecule has 4 aromatic rings. The molecule has 0 saturated heterocycles. The molecule has 1 amide bonds. The summed E-state index contributed by atoms with van der Waals surface area (Å²) in [6, 6.07) is 18.7. The fourth-order valence-corrected chi connectivity index (χ4v) is 3.01. The first-order valence-electron chi connectivity index (χ1n) is 9.21. The lowest BCUT2D eigenvalue weighted by Gasteiger charge is -2.06. The van der Waals surface area contributed by atoms with E-state index in [0.717, 1.165) is 11.1 Å². The van der Waals surface area contributed by atoms with E-state index in [0.29, 0.717) is 24.5 Å². The maximum absolute atomic E-state index is 12.6. The number of hydrogen-bond acceptors (Lipinski definition) is 5. The zero-order chi connectivity index (χ0) is 20.9. The number of amides is 1. The van der Waals surface area contributed by atoms with Gasteiger partial charge in [-0.2, -0.15) is 10.2 Å². The third kappa shape index (κ3) is 4.58. The van der Waals surface area contributed by atoms with Crippen LogP contribution in [0.4, 0.5) is 11.5 Å². The van der Waals surface area contributed by atoms with Crippen molar-refractivity contribution in [3.8, 4) is 0 Å². The molecule has 4 rings (SSSR count). The predicted octanol–water partition coefficient (Wildman–Crippen LogP) is 3.34. The number of benzene rings is 2. The quantitative estimate of drug-likeness (QED) is 0.377. The second-order valence-electron chi connectivity index (χ2n) is 6.69. The van der Waals surface area contributed by atoms with Crippen molar-refractivity contribution >= 4 is 17.4 Å². The van der Waals surface area contributed by atoms with Gasteiger partial charge in [0.15, 0.2) is 5.82 Å². The average Bonchev–Trinajstić information content (AvgIpc) is 3.39. The van der Waals surface area contributed by atoms with E-state index in [4.69, 9.17) is 0 Å². The fraction of sp³-hybridized carbons (Fsp3) is 0.0952. The molecule has 0 unspecified atom stereocenters. The Morgan fingerprint density at radius 1 is 1.00 bits per heavy atom. The third-order valence-corrected chi connectivity index (χ3v) is 4.43. The van der Waals surface area contributed by atoms with Crippen molar-refractivity contribution in [2.75, 3.05) is 5.32 Å². The number of rotatable bonds is 7. The first-order valence-corrected chi connectivity index (χ1v) is 9.21. The molecule has 30 heavy (non-hydrogen) atoms. The number of aromatic nitrogens is 4. The van der Waals surface area contributed by atoms with Gasteiger partial charge < -0.3 is 5.32 Å². The summed E-state index contributed by atoms with van der Waals surface area (Å²) in [5.74, 6) is 0.178. The largest absolute Gasteiger partial charge is 0.307 e. The van der Waals surface area contributed by atoms with E-state index in [1.54, 1.807) is 28.9 Å². The Balaban J connectivity index is 1.41. The van der Waals surface area contributed by atoms with Crippen LogP contribution in [0.3, 0.4) is 0 Å². The molecule has 0 aliphatic rings. The molecule has 0 aliphatic heterocycles. The molecule has 0 spiro atoms. The van der Waals surface area contributed by atoms with Crippen molar-refractivity contribution in [3.63, 3.8) is 0 Å². The van der Waals surface area contributed by atoms with E-state index in [1.165, 1.54) is 17.1 Å². The number of carbonyl (C=O) groups is 1. The molecule has 9 heteroatoms. The Labute approximate surface area is 171 Å². The lowest BCUT2D eigenvalue weighted by atomic mass is 10.1. The molecule has 1 N–H and O–H groups in total. The van der Waals surface area contributed by atoms with Crippen LogP contribution in [0, 0.1) is 10.1 Å². The van der Waals surface area contributed by atoms with E-state index in [-0.39, 0.29) is 11.6 Å². The Hall–Kier alpha value is -4.27. The van der Waals surface area contributed by atoms with Gasteiger partial charge in [0.25, 0.3) is 5.91 Å². The highest BCUT2D eigenvalue weighted by Gasteiger charge is 2.11. The monoisotopic (exact) mass is 402 g/mol. The van der Waals surface area contributed by atoms with E-state index in [2.05, 4.69) is 15.5 Å². The van der Waals surface area contributed by atoms with Gasteiger partial charge in [-0.3, -0.25) is 24.3 Å². The SMILES string of the molecule is O=C(Nc1ccn(Cc2ccccc2)n1)c1cccc(Cn2cc([N+](=O)[O-])cn2)c1. The van der Waals surface area contributed by atoms with Crippen LogP contribution in [0.15, 0.2) is 79.3 Å². The van der Waals surface area contributed by atoms with Crippen LogP contribution >= 0.6 is 0 Å². The molecule has 2 heterocycles. The second kappa shape index (κ2) is 8.39. The highest BCUT2D eigenvalue weighted by atomic mass is 16.6. The first-order chi connectivity index (χ1) is 14.6. The minimum Gasteiger partial charge on any atom is -0.305 e. The van der Waals surface area contributed by atoms with Gasteiger partial charge in [0.2, 0.25) is 0 Å². The molecule has 0 saturated carbocycles. The van der Waals surface area contributed by atoms with Gasteiger partial charge in [-0.05, 0) is 23.3 Å². The molecule has 2 aromatic carbocycles. The highest BCUT2D eigenvalue weighted by molar-refractivity contribution is 6.03. The van der Waals surface area contributed by atoms with E-state index >= 15 is 0 Å². The smallest absolute Gasteiger partial charge is 0.305 e. The molecule has 0 fully saturated rings. The third-order valence-electron chi connectivity index (χ3n) is 4.43. The zero-order valence-electron chi connectivity index (χ0n) is 15.9. The Morgan fingerprint density at radius 2 is 1.77 bits per heavy atom. The maximum atomic E-state index is 12.6. The zero-order valence-corrected chi connectivity index (χ0v) is 15.9. The molecular formula is C21H18N6O3. The van der Waals surface area contributed by atoms with E-state index in [9.17, 15) is 14.9 Å². The summed E-state index contributed by atoms with van der Waals surface area (Å²) in [6.07, 6.45) is 4.36. The van der Waals surface area contributed by atoms with Gasteiger partial charge in [0.05, 0.1) is 18.0 Å². The summed E-state index contributed by atoms with van der Waals surface area (Å²) in [4.78, 5) is 22.9. The van der Waals surface area contributed by atoms with Crippen molar-refractivity contribution in [1.82, 2.24) is 19.6 Å². The van der Waals surface area contributed by atoms with Crippen molar-refractivity contribution in [1.29, 1.82) is 0 Å². The van der Waals surface area contributed by atoms with Gasteiger partial charge in [-0.15, -0.1) is 0 Å². The van der Waals surface area contributed by atoms with Crippen LogP contribution in [0.2, 0.25) is 0 Å². The van der Waals surface area contributed by atoms with Gasteiger partial charge in [0.1, 0.15) is 12.4 Å². The fourth-order valence-electron chi connectivity index (χ4n) is 3.01. The number of carbonyl (C=O) groups excluding carboxylic acids is 1. The first kappa shape index (κ1) is 19.1. The van der Waals surface area contributed by atoms with Crippen molar-refractivity contribution in [2.45, 2.75) is 13.1 Å². The average molecular weight is 402 g/mol. The summed E-state index contributed by atoms with van der Waals surface area (Å²) in [6.45, 7) is 0.933. The van der Waals surface area contributed by atoms with Gasteiger partial charge in [0, 0.05) is 17.8 Å². The normalized spacial score (nSPS) is 10.7. The number of nitrogens with zero attached hydrogens (tertiary/aromatic N) is 5. The van der Waals surface area contributed by atoms with E-state index in [1.807, 2.05) is 42.6 Å². The lowest BCUT2D eigenvalue weighted by Crippen LogP contribution is -2.13. The van der Waals surface area contributed by atoms with Crippen LogP contribution in [-0.4, -0.2) is 30.4 Å².